The number of likely N-dealkylation sites (tertiary alicyclic amines) is 1. The van der Waals surface area contributed by atoms with Crippen LogP contribution in [0, 0.1) is 0 Å². The number of nitrogens with zero attached hydrogens (tertiary/aromatic N) is 1. The lowest BCUT2D eigenvalue weighted by atomic mass is 10.2. The van der Waals surface area contributed by atoms with Crippen molar-refractivity contribution in [1.82, 2.24) is 15.8 Å². The maximum atomic E-state index is 12.4. The van der Waals surface area contributed by atoms with Crippen LogP contribution < -0.4 is 20.3 Å². The lowest BCUT2D eigenvalue weighted by Gasteiger charge is -2.22. The number of hydrogen-bond donors (Lipinski definition) is 2. The van der Waals surface area contributed by atoms with Gasteiger partial charge in [-0.15, -0.1) is 0 Å². The minimum atomic E-state index is -0.804. The molecule has 1 aliphatic heterocycles. The van der Waals surface area contributed by atoms with Crippen LogP contribution in [-0.4, -0.2) is 62.0 Å². The van der Waals surface area contributed by atoms with Gasteiger partial charge in [0.15, 0.2) is 23.9 Å². The second-order valence-corrected chi connectivity index (χ2v) is 6.81. The van der Waals surface area contributed by atoms with Crippen LogP contribution in [0.3, 0.4) is 0 Å². The van der Waals surface area contributed by atoms with Crippen molar-refractivity contribution in [2.75, 3.05) is 27.4 Å². The molecule has 3 amide bonds. The molecule has 0 spiro atoms. The molecule has 11 heteroatoms. The molecule has 0 radical (unpaired) electrons. The number of benzene rings is 1. The summed E-state index contributed by atoms with van der Waals surface area (Å²) in [4.78, 5) is 50.4. The van der Waals surface area contributed by atoms with Crippen molar-refractivity contribution in [2.45, 2.75) is 18.9 Å². The summed E-state index contributed by atoms with van der Waals surface area (Å²) >= 11 is 0. The Kier molecular flexibility index (Phi) is 7.32. The number of ether oxygens (including phenoxy) is 3. The molecule has 32 heavy (non-hydrogen) atoms. The third-order valence-corrected chi connectivity index (χ3v) is 4.82. The summed E-state index contributed by atoms with van der Waals surface area (Å²) in [6.45, 7) is -0.239. The van der Waals surface area contributed by atoms with Crippen molar-refractivity contribution < 1.29 is 37.8 Å². The van der Waals surface area contributed by atoms with Gasteiger partial charge in [0.05, 0.1) is 20.5 Å². The maximum absolute atomic E-state index is 12.4. The van der Waals surface area contributed by atoms with Crippen molar-refractivity contribution in [3.63, 3.8) is 0 Å². The number of rotatable bonds is 7. The number of furan rings is 1. The highest BCUT2D eigenvalue weighted by Crippen LogP contribution is 2.27. The second kappa shape index (κ2) is 10.3. The SMILES string of the molecule is COc1ccc(C(=O)NNC(=O)COC(=O)[C@@H]2CCCN2C(=O)c2ccco2)cc1OC. The summed E-state index contributed by atoms with van der Waals surface area (Å²) in [7, 11) is 2.90. The Bertz CT molecular complexity index is 989. The maximum Gasteiger partial charge on any atom is 0.329 e. The van der Waals surface area contributed by atoms with Crippen molar-refractivity contribution in [3.05, 3.63) is 47.9 Å². The molecular weight excluding hydrogens is 422 g/mol. The summed E-state index contributed by atoms with van der Waals surface area (Å²) < 4.78 is 20.4. The van der Waals surface area contributed by atoms with E-state index in [-0.39, 0.29) is 11.3 Å². The summed E-state index contributed by atoms with van der Waals surface area (Å²) in [5, 5.41) is 0. The van der Waals surface area contributed by atoms with Gasteiger partial charge in [-0.05, 0) is 43.2 Å². The first-order valence-corrected chi connectivity index (χ1v) is 9.77. The van der Waals surface area contributed by atoms with Gasteiger partial charge in [0, 0.05) is 12.1 Å². The number of carbonyl (C=O) groups excluding carboxylic acids is 4. The number of hydrogen-bond acceptors (Lipinski definition) is 8. The number of nitrogens with one attached hydrogen (secondary N) is 2. The molecule has 1 aliphatic rings. The molecule has 3 rings (SSSR count). The van der Waals surface area contributed by atoms with Crippen LogP contribution >= 0.6 is 0 Å². The van der Waals surface area contributed by atoms with Crippen LogP contribution in [0.15, 0.2) is 41.0 Å². The van der Waals surface area contributed by atoms with E-state index >= 15 is 0 Å². The molecule has 2 aromatic rings. The molecule has 170 valence electrons. The lowest BCUT2D eigenvalue weighted by molar-refractivity contribution is -0.152. The molecule has 2 heterocycles. The zero-order chi connectivity index (χ0) is 23.1. The smallest absolute Gasteiger partial charge is 0.329 e. The Morgan fingerprint density at radius 3 is 2.56 bits per heavy atom. The fourth-order valence-electron chi connectivity index (χ4n) is 3.24. The van der Waals surface area contributed by atoms with E-state index in [0.717, 1.165) is 0 Å². The average molecular weight is 445 g/mol. The van der Waals surface area contributed by atoms with Crippen LogP contribution in [0.1, 0.15) is 33.8 Å². The summed E-state index contributed by atoms with van der Waals surface area (Å²) in [6.07, 6.45) is 2.42. The highest BCUT2D eigenvalue weighted by Gasteiger charge is 2.36. The molecule has 0 saturated carbocycles. The van der Waals surface area contributed by atoms with Crippen molar-refractivity contribution >= 4 is 23.7 Å². The van der Waals surface area contributed by atoms with Gasteiger partial charge in [-0.3, -0.25) is 25.2 Å². The van der Waals surface area contributed by atoms with E-state index in [1.54, 1.807) is 12.1 Å². The highest BCUT2D eigenvalue weighted by atomic mass is 16.5. The van der Waals surface area contributed by atoms with Crippen LogP contribution in [0.2, 0.25) is 0 Å². The van der Waals surface area contributed by atoms with Gasteiger partial charge in [-0.1, -0.05) is 0 Å². The third-order valence-electron chi connectivity index (χ3n) is 4.82. The summed E-state index contributed by atoms with van der Waals surface area (Å²) in [5.41, 5.74) is 4.61. The minimum absolute atomic E-state index is 0.125. The van der Waals surface area contributed by atoms with Gasteiger partial charge in [0.25, 0.3) is 17.7 Å². The topological polar surface area (TPSA) is 136 Å². The van der Waals surface area contributed by atoms with E-state index in [1.807, 2.05) is 0 Å². The minimum Gasteiger partial charge on any atom is -0.493 e. The van der Waals surface area contributed by atoms with Crippen LogP contribution in [0.5, 0.6) is 11.5 Å². The van der Waals surface area contributed by atoms with Gasteiger partial charge >= 0.3 is 5.97 Å². The number of carbonyl (C=O) groups is 4. The Hall–Kier alpha value is -4.02. The second-order valence-electron chi connectivity index (χ2n) is 6.81. The standard InChI is InChI=1S/C21H23N3O8/c1-29-15-8-7-13(11-17(15)30-2)19(26)23-22-18(25)12-32-21(28)14-5-3-9-24(14)20(27)16-6-4-10-31-16/h4,6-8,10-11,14H,3,5,9,12H2,1-2H3,(H,22,25)(H,23,26)/t14-/m0/s1. The normalized spacial score (nSPS) is 15.1. The zero-order valence-electron chi connectivity index (χ0n) is 17.6. The predicted molar refractivity (Wildman–Crippen MR) is 109 cm³/mol. The van der Waals surface area contributed by atoms with Gasteiger partial charge in [-0.2, -0.15) is 0 Å². The van der Waals surface area contributed by atoms with Gasteiger partial charge in [-0.25, -0.2) is 4.79 Å². The molecule has 1 saturated heterocycles. The summed E-state index contributed by atoms with van der Waals surface area (Å²) in [6, 6.07) is 6.78. The fourth-order valence-corrected chi connectivity index (χ4v) is 3.24. The molecule has 0 bridgehead atoms. The molecule has 0 aliphatic carbocycles. The first kappa shape index (κ1) is 22.7. The Morgan fingerprint density at radius 1 is 1.09 bits per heavy atom. The van der Waals surface area contributed by atoms with E-state index in [9.17, 15) is 19.2 Å². The molecule has 2 N–H and O–H groups in total. The first-order chi connectivity index (χ1) is 15.4. The molecular formula is C21H23N3O8. The average Bonchev–Trinajstić information content (AvgIpc) is 3.52. The molecule has 1 atom stereocenters. The van der Waals surface area contributed by atoms with Gasteiger partial charge in [0.1, 0.15) is 6.04 Å². The summed E-state index contributed by atoms with van der Waals surface area (Å²) in [5.74, 6) is -1.53. The van der Waals surface area contributed by atoms with Crippen molar-refractivity contribution in [2.24, 2.45) is 0 Å². The lowest BCUT2D eigenvalue weighted by Crippen LogP contribution is -2.45. The van der Waals surface area contributed by atoms with Crippen LogP contribution in [0.4, 0.5) is 0 Å². The van der Waals surface area contributed by atoms with E-state index in [4.69, 9.17) is 18.6 Å². The van der Waals surface area contributed by atoms with Crippen LogP contribution in [-0.2, 0) is 14.3 Å². The zero-order valence-corrected chi connectivity index (χ0v) is 17.6. The fraction of sp³-hybridized carbons (Fsp3) is 0.333. The monoisotopic (exact) mass is 445 g/mol. The Morgan fingerprint density at radius 2 is 1.88 bits per heavy atom. The van der Waals surface area contributed by atoms with Crippen LogP contribution in [0.25, 0.3) is 0 Å². The van der Waals surface area contributed by atoms with Crippen molar-refractivity contribution in [1.29, 1.82) is 0 Å². The number of hydrazine groups is 1. The number of amides is 3. The molecule has 1 fully saturated rings. The van der Waals surface area contributed by atoms with E-state index in [1.165, 1.54) is 43.6 Å². The Labute approximate surface area is 183 Å². The van der Waals surface area contributed by atoms with E-state index in [0.29, 0.717) is 30.9 Å². The molecule has 1 aromatic heterocycles. The third kappa shape index (κ3) is 5.17. The first-order valence-electron chi connectivity index (χ1n) is 9.77. The predicted octanol–water partition coefficient (Wildman–Crippen LogP) is 0.906. The van der Waals surface area contributed by atoms with Crippen molar-refractivity contribution in [3.8, 4) is 11.5 Å². The molecule has 11 nitrogen and oxygen atoms in total. The molecule has 1 aromatic carbocycles. The Balaban J connectivity index is 1.47. The van der Waals surface area contributed by atoms with E-state index < -0.39 is 36.3 Å². The quantitative estimate of drug-likeness (QED) is 0.474. The van der Waals surface area contributed by atoms with Gasteiger partial charge < -0.3 is 23.5 Å². The van der Waals surface area contributed by atoms with E-state index in [2.05, 4.69) is 10.9 Å². The highest BCUT2D eigenvalue weighted by molar-refractivity contribution is 5.97. The molecule has 0 unspecified atom stereocenters. The van der Waals surface area contributed by atoms with Gasteiger partial charge in [0.2, 0.25) is 0 Å². The number of esters is 1. The number of methoxy groups -OCH3 is 2. The largest absolute Gasteiger partial charge is 0.493 e.